The molecule has 22 heavy (non-hydrogen) atoms. The van der Waals surface area contributed by atoms with E-state index in [1.54, 1.807) is 18.3 Å². The van der Waals surface area contributed by atoms with Crippen LogP contribution >= 0.6 is 27.3 Å². The Morgan fingerprint density at radius 3 is 2.86 bits per heavy atom. The van der Waals surface area contributed by atoms with Crippen molar-refractivity contribution in [1.29, 1.82) is 0 Å². The van der Waals surface area contributed by atoms with E-state index in [9.17, 15) is 9.59 Å². The molecule has 0 unspecified atom stereocenters. The van der Waals surface area contributed by atoms with Crippen LogP contribution in [0.15, 0.2) is 27.2 Å². The fourth-order valence-corrected chi connectivity index (χ4v) is 3.67. The van der Waals surface area contributed by atoms with Gasteiger partial charge in [-0.15, -0.1) is 11.3 Å². The van der Waals surface area contributed by atoms with Crippen LogP contribution in [-0.4, -0.2) is 43.6 Å². The molecule has 1 aromatic rings. The molecule has 8 heteroatoms. The molecule has 2 N–H and O–H groups in total. The molecule has 0 spiro atoms. The summed E-state index contributed by atoms with van der Waals surface area (Å²) in [6.07, 6.45) is 0. The average Bonchev–Trinajstić information content (AvgIpc) is 2.84. The maximum Gasteiger partial charge on any atom is 0.337 e. The first kappa shape index (κ1) is 17.0. The highest BCUT2D eigenvalue weighted by atomic mass is 79.9. The van der Waals surface area contributed by atoms with Gasteiger partial charge in [-0.05, 0) is 42.0 Å². The smallest absolute Gasteiger partial charge is 0.337 e. The minimum atomic E-state index is -0.391. The van der Waals surface area contributed by atoms with Gasteiger partial charge in [0.1, 0.15) is 0 Å². The predicted molar refractivity (Wildman–Crippen MR) is 88.5 cm³/mol. The number of nitrogens with one attached hydrogen (secondary N) is 2. The van der Waals surface area contributed by atoms with Gasteiger partial charge in [0, 0.05) is 23.7 Å². The molecular formula is C14H18BrN3O3S. The quantitative estimate of drug-likeness (QED) is 0.733. The topological polar surface area (TPSA) is 70.7 Å². The van der Waals surface area contributed by atoms with E-state index < -0.39 is 5.97 Å². The molecular weight excluding hydrogens is 370 g/mol. The van der Waals surface area contributed by atoms with Crippen LogP contribution in [0.2, 0.25) is 0 Å². The third-order valence-electron chi connectivity index (χ3n) is 3.06. The van der Waals surface area contributed by atoms with Gasteiger partial charge in [0.2, 0.25) is 0 Å². The molecule has 0 saturated carbocycles. The molecule has 120 valence electrons. The number of nitrogens with zero attached hydrogens (tertiary/aromatic N) is 1. The largest absolute Gasteiger partial charge is 0.463 e. The van der Waals surface area contributed by atoms with E-state index in [-0.39, 0.29) is 12.6 Å². The van der Waals surface area contributed by atoms with Gasteiger partial charge in [0.25, 0.3) is 0 Å². The van der Waals surface area contributed by atoms with E-state index >= 15 is 0 Å². The second-order valence-electron chi connectivity index (χ2n) is 4.86. The first-order chi connectivity index (χ1) is 10.5. The van der Waals surface area contributed by atoms with E-state index in [4.69, 9.17) is 4.74 Å². The molecule has 6 nitrogen and oxygen atoms in total. The number of urea groups is 1. The van der Waals surface area contributed by atoms with Gasteiger partial charge >= 0.3 is 12.0 Å². The van der Waals surface area contributed by atoms with Crippen molar-refractivity contribution in [1.82, 2.24) is 15.5 Å². The van der Waals surface area contributed by atoms with Crippen LogP contribution in [-0.2, 0) is 16.1 Å². The fraction of sp³-hybridized carbons (Fsp3) is 0.429. The third-order valence-corrected chi connectivity index (χ3v) is 4.67. The third kappa shape index (κ3) is 4.56. The van der Waals surface area contributed by atoms with E-state index in [0.717, 1.165) is 10.3 Å². The van der Waals surface area contributed by atoms with Crippen molar-refractivity contribution in [3.8, 4) is 0 Å². The van der Waals surface area contributed by atoms with Gasteiger partial charge in [0.05, 0.1) is 22.5 Å². The first-order valence-corrected chi connectivity index (χ1v) is 8.47. The molecule has 0 saturated heterocycles. The van der Waals surface area contributed by atoms with E-state index in [0.29, 0.717) is 24.4 Å². The number of halogens is 1. The molecule has 0 aromatic carbocycles. The van der Waals surface area contributed by atoms with Crippen molar-refractivity contribution in [2.75, 3.05) is 26.7 Å². The van der Waals surface area contributed by atoms with Gasteiger partial charge in [-0.25, -0.2) is 9.59 Å². The summed E-state index contributed by atoms with van der Waals surface area (Å²) in [6, 6.07) is 3.76. The number of ether oxygens (including phenoxy) is 1. The van der Waals surface area contributed by atoms with Crippen LogP contribution < -0.4 is 10.6 Å². The molecule has 2 heterocycles. The molecule has 1 aliphatic heterocycles. The van der Waals surface area contributed by atoms with Crippen LogP contribution in [0.4, 0.5) is 4.79 Å². The standard InChI is InChI=1S/C14H18BrN3O3S/c1-3-21-13(19)10-6-16-14(20)17-11(10)8-18(2)7-9-4-5-12(15)22-9/h4-5H,3,6-8H2,1-2H3,(H2,16,17,20). The van der Waals surface area contributed by atoms with Crippen LogP contribution in [0, 0.1) is 0 Å². The number of hydrogen-bond acceptors (Lipinski definition) is 5. The number of rotatable bonds is 6. The van der Waals surface area contributed by atoms with E-state index in [2.05, 4.69) is 26.6 Å². The SMILES string of the molecule is CCOC(=O)C1=C(CN(C)Cc2ccc(Br)s2)NC(=O)NC1. The maximum atomic E-state index is 12.0. The minimum Gasteiger partial charge on any atom is -0.463 e. The summed E-state index contributed by atoms with van der Waals surface area (Å²) < 4.78 is 6.12. The lowest BCUT2D eigenvalue weighted by atomic mass is 10.1. The Kier molecular flexibility index (Phi) is 5.98. The molecule has 1 aliphatic rings. The summed E-state index contributed by atoms with van der Waals surface area (Å²) in [4.78, 5) is 26.7. The van der Waals surface area contributed by atoms with Gasteiger partial charge in [-0.3, -0.25) is 4.90 Å². The molecule has 0 bridgehead atoms. The Balaban J connectivity index is 2.08. The molecule has 0 atom stereocenters. The lowest BCUT2D eigenvalue weighted by Crippen LogP contribution is -2.46. The number of amides is 2. The molecule has 2 rings (SSSR count). The Morgan fingerprint density at radius 2 is 2.23 bits per heavy atom. The predicted octanol–water partition coefficient (Wildman–Crippen LogP) is 2.07. The number of hydrogen-bond donors (Lipinski definition) is 2. The normalized spacial score (nSPS) is 14.8. The van der Waals surface area contributed by atoms with Crippen LogP contribution in [0.5, 0.6) is 0 Å². The van der Waals surface area contributed by atoms with Crippen molar-refractivity contribution in [2.24, 2.45) is 0 Å². The molecule has 0 aliphatic carbocycles. The second kappa shape index (κ2) is 7.75. The number of carbonyl (C=O) groups is 2. The Hall–Kier alpha value is -1.38. The Labute approximate surface area is 141 Å². The zero-order chi connectivity index (χ0) is 16.1. The lowest BCUT2D eigenvalue weighted by Gasteiger charge is -2.25. The first-order valence-electron chi connectivity index (χ1n) is 6.86. The maximum absolute atomic E-state index is 12.0. The summed E-state index contributed by atoms with van der Waals surface area (Å²) in [7, 11) is 1.94. The van der Waals surface area contributed by atoms with Crippen LogP contribution in [0.3, 0.4) is 0 Å². The number of esters is 1. The molecule has 0 fully saturated rings. The highest BCUT2D eigenvalue weighted by molar-refractivity contribution is 9.11. The number of likely N-dealkylation sites (N-methyl/N-ethyl adjacent to an activating group) is 1. The highest BCUT2D eigenvalue weighted by Crippen LogP contribution is 2.23. The molecule has 1 aromatic heterocycles. The average molecular weight is 388 g/mol. The summed E-state index contributed by atoms with van der Waals surface area (Å²) in [5, 5.41) is 5.31. The summed E-state index contributed by atoms with van der Waals surface area (Å²) in [5.41, 5.74) is 1.07. The number of carbonyl (C=O) groups excluding carboxylic acids is 2. The zero-order valence-electron chi connectivity index (χ0n) is 12.4. The lowest BCUT2D eigenvalue weighted by molar-refractivity contribution is -0.138. The van der Waals surface area contributed by atoms with Crippen LogP contribution in [0.1, 0.15) is 11.8 Å². The van der Waals surface area contributed by atoms with Crippen molar-refractivity contribution in [3.05, 3.63) is 32.1 Å². The second-order valence-corrected chi connectivity index (χ2v) is 7.41. The van der Waals surface area contributed by atoms with Crippen molar-refractivity contribution >= 4 is 39.3 Å². The van der Waals surface area contributed by atoms with Gasteiger partial charge in [-0.1, -0.05) is 0 Å². The number of thiophene rings is 1. The van der Waals surface area contributed by atoms with Crippen molar-refractivity contribution in [3.63, 3.8) is 0 Å². The summed E-state index contributed by atoms with van der Waals surface area (Å²) in [6.45, 7) is 3.46. The van der Waals surface area contributed by atoms with E-state index in [1.165, 1.54) is 4.88 Å². The van der Waals surface area contributed by atoms with Gasteiger partial charge in [0.15, 0.2) is 0 Å². The van der Waals surface area contributed by atoms with Gasteiger partial charge < -0.3 is 15.4 Å². The zero-order valence-corrected chi connectivity index (χ0v) is 14.8. The Bertz CT molecular complexity index is 600. The van der Waals surface area contributed by atoms with Crippen molar-refractivity contribution < 1.29 is 14.3 Å². The van der Waals surface area contributed by atoms with Gasteiger partial charge in [-0.2, -0.15) is 0 Å². The highest BCUT2D eigenvalue weighted by Gasteiger charge is 2.24. The minimum absolute atomic E-state index is 0.193. The monoisotopic (exact) mass is 387 g/mol. The molecule has 0 radical (unpaired) electrons. The Morgan fingerprint density at radius 1 is 1.45 bits per heavy atom. The van der Waals surface area contributed by atoms with Crippen LogP contribution in [0.25, 0.3) is 0 Å². The molecule has 2 amide bonds. The van der Waals surface area contributed by atoms with Crippen molar-refractivity contribution in [2.45, 2.75) is 13.5 Å². The fourth-order valence-electron chi connectivity index (χ4n) is 2.11. The van der Waals surface area contributed by atoms with E-state index in [1.807, 2.05) is 24.1 Å². The summed E-state index contributed by atoms with van der Waals surface area (Å²) in [5.74, 6) is -0.391. The summed E-state index contributed by atoms with van der Waals surface area (Å²) >= 11 is 5.10.